The van der Waals surface area contributed by atoms with Crippen LogP contribution in [0.15, 0.2) is 28.8 Å². The molecule has 0 saturated carbocycles. The van der Waals surface area contributed by atoms with Crippen molar-refractivity contribution < 1.29 is 0 Å². The molecular formula is C19H30IN7S. The van der Waals surface area contributed by atoms with Gasteiger partial charge < -0.3 is 10.6 Å². The van der Waals surface area contributed by atoms with Crippen LogP contribution in [-0.2, 0) is 13.0 Å². The number of aryl methyl sites for hydroxylation is 1. The number of guanidine groups is 1. The van der Waals surface area contributed by atoms with Crippen molar-refractivity contribution >= 4 is 41.3 Å². The molecule has 154 valence electrons. The molecule has 2 aromatic rings. The molecule has 0 aliphatic carbocycles. The minimum absolute atomic E-state index is 0. The molecule has 2 aromatic heterocycles. The van der Waals surface area contributed by atoms with Crippen LogP contribution in [-0.4, -0.2) is 58.9 Å². The van der Waals surface area contributed by atoms with Crippen LogP contribution >= 0.6 is 35.3 Å². The number of hydrogen-bond acceptors (Lipinski definition) is 5. The molecule has 0 amide bonds. The Morgan fingerprint density at radius 2 is 2.29 bits per heavy atom. The Bertz CT molecular complexity index is 760. The van der Waals surface area contributed by atoms with Crippen molar-refractivity contribution in [2.45, 2.75) is 44.3 Å². The van der Waals surface area contributed by atoms with Gasteiger partial charge in [-0.1, -0.05) is 6.07 Å². The second-order valence-electron chi connectivity index (χ2n) is 7.53. The van der Waals surface area contributed by atoms with Crippen molar-refractivity contribution in [3.8, 4) is 0 Å². The van der Waals surface area contributed by atoms with Crippen LogP contribution in [0.5, 0.6) is 0 Å². The fourth-order valence-electron chi connectivity index (χ4n) is 4.35. The smallest absolute Gasteiger partial charge is 0.191 e. The van der Waals surface area contributed by atoms with Crippen LogP contribution in [0.4, 0.5) is 0 Å². The van der Waals surface area contributed by atoms with Gasteiger partial charge in [0.25, 0.3) is 0 Å². The van der Waals surface area contributed by atoms with Crippen LogP contribution in [0.3, 0.4) is 0 Å². The van der Waals surface area contributed by atoms with Gasteiger partial charge in [0.15, 0.2) is 5.96 Å². The normalized spacial score (nSPS) is 25.6. The predicted molar refractivity (Wildman–Crippen MR) is 124 cm³/mol. The summed E-state index contributed by atoms with van der Waals surface area (Å²) in [6, 6.07) is 5.27. The Hall–Kier alpha value is -1.20. The maximum Gasteiger partial charge on any atom is 0.191 e. The third-order valence-corrected chi connectivity index (χ3v) is 6.69. The summed E-state index contributed by atoms with van der Waals surface area (Å²) in [6.45, 7) is 2.96. The fourth-order valence-corrected chi connectivity index (χ4v) is 5.34. The lowest BCUT2D eigenvalue weighted by Gasteiger charge is -2.39. The highest BCUT2D eigenvalue weighted by molar-refractivity contribution is 14.0. The van der Waals surface area contributed by atoms with E-state index in [1.165, 1.54) is 24.3 Å². The molecule has 7 nitrogen and oxygen atoms in total. The first-order valence-electron chi connectivity index (χ1n) is 9.82. The van der Waals surface area contributed by atoms with E-state index in [0.717, 1.165) is 37.7 Å². The number of rotatable bonds is 4. The van der Waals surface area contributed by atoms with E-state index in [9.17, 15) is 0 Å². The molecule has 2 aliphatic heterocycles. The maximum absolute atomic E-state index is 4.46. The monoisotopic (exact) mass is 515 g/mol. The average molecular weight is 515 g/mol. The largest absolute Gasteiger partial charge is 0.356 e. The molecule has 0 aromatic carbocycles. The zero-order valence-corrected chi connectivity index (χ0v) is 19.7. The Balaban J connectivity index is 0.00000225. The molecule has 28 heavy (non-hydrogen) atoms. The Morgan fingerprint density at radius 3 is 3.07 bits per heavy atom. The van der Waals surface area contributed by atoms with Gasteiger partial charge in [0.1, 0.15) is 12.2 Å². The standard InChI is InChI=1S/C19H29N7S.HI/c1-20-19(24-15-7-8-17-22-13-23-26(17)12-15)21-11-14-5-3-9-25(2)18(14)16-6-4-10-27-16;/h4,6,10,13-15,18H,3,5,7-9,11-12H2,1-2H3,(H2,20,21,24);1H. The number of nitrogens with one attached hydrogen (secondary N) is 2. The lowest BCUT2D eigenvalue weighted by molar-refractivity contribution is 0.125. The highest BCUT2D eigenvalue weighted by Crippen LogP contribution is 2.36. The summed E-state index contributed by atoms with van der Waals surface area (Å²) in [5.41, 5.74) is 0. The molecule has 1 saturated heterocycles. The molecule has 4 rings (SSSR count). The van der Waals surface area contributed by atoms with Crippen LogP contribution in [0, 0.1) is 5.92 Å². The first-order chi connectivity index (χ1) is 13.2. The SMILES string of the molecule is CN=C(NCC1CCCN(C)C1c1cccs1)NC1CCc2ncnn2C1.I. The van der Waals surface area contributed by atoms with Crippen molar-refractivity contribution in [3.63, 3.8) is 0 Å². The van der Waals surface area contributed by atoms with E-state index in [0.29, 0.717) is 18.0 Å². The minimum atomic E-state index is 0. The highest BCUT2D eigenvalue weighted by atomic mass is 127. The van der Waals surface area contributed by atoms with Gasteiger partial charge in [0.2, 0.25) is 0 Å². The van der Waals surface area contributed by atoms with Crippen LogP contribution in [0.1, 0.15) is 36.0 Å². The molecule has 3 unspecified atom stereocenters. The summed E-state index contributed by atoms with van der Waals surface area (Å²) in [5.74, 6) is 2.57. The summed E-state index contributed by atoms with van der Waals surface area (Å²) in [6.07, 6.45) is 6.18. The molecule has 2 N–H and O–H groups in total. The molecule has 0 spiro atoms. The van der Waals surface area contributed by atoms with E-state index in [-0.39, 0.29) is 24.0 Å². The third-order valence-electron chi connectivity index (χ3n) is 5.74. The Kier molecular flexibility index (Phi) is 7.69. The number of hydrogen-bond donors (Lipinski definition) is 2. The van der Waals surface area contributed by atoms with Crippen molar-refractivity contribution in [1.29, 1.82) is 0 Å². The molecule has 3 atom stereocenters. The summed E-state index contributed by atoms with van der Waals surface area (Å²) >= 11 is 1.87. The van der Waals surface area contributed by atoms with Gasteiger partial charge in [0, 0.05) is 37.0 Å². The van der Waals surface area contributed by atoms with Gasteiger partial charge in [-0.2, -0.15) is 5.10 Å². The molecule has 9 heteroatoms. The van der Waals surface area contributed by atoms with Crippen molar-refractivity contribution in [3.05, 3.63) is 34.5 Å². The molecular weight excluding hydrogens is 485 g/mol. The quantitative estimate of drug-likeness (QED) is 0.372. The number of fused-ring (bicyclic) bond motifs is 1. The van der Waals surface area contributed by atoms with Crippen LogP contribution in [0.25, 0.3) is 0 Å². The van der Waals surface area contributed by atoms with Crippen LogP contribution < -0.4 is 10.6 Å². The lowest BCUT2D eigenvalue weighted by Crippen LogP contribution is -2.49. The van der Waals surface area contributed by atoms with Gasteiger partial charge in [-0.15, -0.1) is 35.3 Å². The Morgan fingerprint density at radius 1 is 1.39 bits per heavy atom. The lowest BCUT2D eigenvalue weighted by atomic mass is 9.88. The number of aliphatic imine (C=N–C) groups is 1. The zero-order valence-electron chi connectivity index (χ0n) is 16.5. The van der Waals surface area contributed by atoms with Crippen molar-refractivity contribution in [1.82, 2.24) is 30.3 Å². The van der Waals surface area contributed by atoms with E-state index in [2.05, 4.69) is 55.2 Å². The van der Waals surface area contributed by atoms with Gasteiger partial charge in [-0.3, -0.25) is 9.89 Å². The van der Waals surface area contributed by atoms with Crippen molar-refractivity contribution in [2.75, 3.05) is 27.2 Å². The number of halogens is 1. The summed E-state index contributed by atoms with van der Waals surface area (Å²) < 4.78 is 2.00. The van der Waals surface area contributed by atoms with E-state index in [4.69, 9.17) is 0 Å². The summed E-state index contributed by atoms with van der Waals surface area (Å²) in [7, 11) is 4.10. The third kappa shape index (κ3) is 4.85. The average Bonchev–Trinajstić information content (AvgIpc) is 3.36. The molecule has 2 aliphatic rings. The molecule has 1 fully saturated rings. The number of thiophene rings is 1. The van der Waals surface area contributed by atoms with Crippen LogP contribution in [0.2, 0.25) is 0 Å². The molecule has 4 heterocycles. The van der Waals surface area contributed by atoms with Crippen molar-refractivity contribution in [2.24, 2.45) is 10.9 Å². The molecule has 0 radical (unpaired) electrons. The van der Waals surface area contributed by atoms with E-state index >= 15 is 0 Å². The van der Waals surface area contributed by atoms with Gasteiger partial charge in [-0.05, 0) is 50.2 Å². The zero-order chi connectivity index (χ0) is 18.6. The van der Waals surface area contributed by atoms with E-state index in [1.54, 1.807) is 6.33 Å². The van der Waals surface area contributed by atoms with Gasteiger partial charge in [0.05, 0.1) is 6.54 Å². The maximum atomic E-state index is 4.46. The molecule has 0 bridgehead atoms. The minimum Gasteiger partial charge on any atom is -0.356 e. The highest BCUT2D eigenvalue weighted by Gasteiger charge is 2.31. The topological polar surface area (TPSA) is 70.4 Å². The summed E-state index contributed by atoms with van der Waals surface area (Å²) in [4.78, 5) is 12.7. The van der Waals surface area contributed by atoms with Gasteiger partial charge >= 0.3 is 0 Å². The van der Waals surface area contributed by atoms with E-state index < -0.39 is 0 Å². The number of nitrogens with zero attached hydrogens (tertiary/aromatic N) is 5. The Labute approximate surface area is 188 Å². The van der Waals surface area contributed by atoms with Gasteiger partial charge in [-0.25, -0.2) is 9.67 Å². The number of piperidine rings is 1. The summed E-state index contributed by atoms with van der Waals surface area (Å²) in [5, 5.41) is 13.7. The van der Waals surface area contributed by atoms with E-state index in [1.807, 2.05) is 23.1 Å². The second kappa shape index (κ2) is 10.0. The number of aromatic nitrogens is 3. The predicted octanol–water partition coefficient (Wildman–Crippen LogP) is 2.52. The first-order valence-corrected chi connectivity index (χ1v) is 10.7. The fraction of sp³-hybridized carbons (Fsp3) is 0.632. The first kappa shape index (κ1) is 21.5. The second-order valence-corrected chi connectivity index (χ2v) is 8.51. The number of likely N-dealkylation sites (tertiary alicyclic amines) is 1.